The van der Waals surface area contributed by atoms with Crippen LogP contribution in [-0.4, -0.2) is 50.1 Å². The van der Waals surface area contributed by atoms with Crippen molar-refractivity contribution in [3.8, 4) is 11.5 Å². The number of ether oxygens (including phenoxy) is 3. The third-order valence-electron chi connectivity index (χ3n) is 3.58. The molecule has 9 heteroatoms. The van der Waals surface area contributed by atoms with Gasteiger partial charge >= 0.3 is 12.0 Å². The van der Waals surface area contributed by atoms with E-state index < -0.39 is 24.5 Å². The van der Waals surface area contributed by atoms with Crippen molar-refractivity contribution >= 4 is 23.7 Å². The Morgan fingerprint density at radius 2 is 1.81 bits per heavy atom. The van der Waals surface area contributed by atoms with Crippen molar-refractivity contribution in [3.63, 3.8) is 0 Å². The van der Waals surface area contributed by atoms with E-state index in [4.69, 9.17) is 14.2 Å². The molecule has 0 spiro atoms. The van der Waals surface area contributed by atoms with Crippen molar-refractivity contribution in [2.24, 2.45) is 0 Å². The number of Topliss-reactive ketones (excluding diaryl/α,β-unsaturated/α-hetero) is 1. The summed E-state index contributed by atoms with van der Waals surface area (Å²) in [4.78, 5) is 46.5. The predicted octanol–water partition coefficient (Wildman–Crippen LogP) is 1.20. The van der Waals surface area contributed by atoms with Gasteiger partial charge in [-0.25, -0.2) is 4.79 Å². The molecule has 0 bridgehead atoms. The Hall–Kier alpha value is -3.10. The number of ketones is 1. The molecule has 3 amide bonds. The molecular formula is C18H22N2O7. The molecule has 27 heavy (non-hydrogen) atoms. The van der Waals surface area contributed by atoms with Crippen LogP contribution >= 0.6 is 0 Å². The number of esters is 1. The Morgan fingerprint density at radius 3 is 2.56 bits per heavy atom. The number of fused-ring (bicyclic) bond motifs is 1. The number of imide groups is 1. The van der Waals surface area contributed by atoms with Crippen molar-refractivity contribution in [1.29, 1.82) is 0 Å². The quantitative estimate of drug-likeness (QED) is 0.540. The van der Waals surface area contributed by atoms with Gasteiger partial charge in [0.2, 0.25) is 0 Å². The average molecular weight is 378 g/mol. The van der Waals surface area contributed by atoms with Crippen molar-refractivity contribution in [2.45, 2.75) is 26.2 Å². The van der Waals surface area contributed by atoms with Gasteiger partial charge in [-0.2, -0.15) is 0 Å². The largest absolute Gasteiger partial charge is 0.490 e. The maximum atomic E-state index is 12.2. The monoisotopic (exact) mass is 378 g/mol. The van der Waals surface area contributed by atoms with Crippen LogP contribution in [0.2, 0.25) is 0 Å². The van der Waals surface area contributed by atoms with Gasteiger partial charge in [0.25, 0.3) is 5.91 Å². The zero-order chi connectivity index (χ0) is 19.6. The summed E-state index contributed by atoms with van der Waals surface area (Å²) in [6.45, 7) is 2.54. The van der Waals surface area contributed by atoms with E-state index in [-0.39, 0.29) is 18.6 Å². The molecule has 2 rings (SSSR count). The second kappa shape index (κ2) is 10.1. The minimum atomic E-state index is -0.747. The molecule has 9 nitrogen and oxygen atoms in total. The Morgan fingerprint density at radius 1 is 1.07 bits per heavy atom. The summed E-state index contributed by atoms with van der Waals surface area (Å²) in [5.74, 6) is -0.619. The SMILES string of the molecule is CCNC(=O)NC(=O)COC(=O)CCC(=O)c1ccc2c(c1)OCCCO2. The fourth-order valence-corrected chi connectivity index (χ4v) is 2.28. The van der Waals surface area contributed by atoms with E-state index in [1.807, 2.05) is 5.32 Å². The smallest absolute Gasteiger partial charge is 0.321 e. The van der Waals surface area contributed by atoms with Crippen LogP contribution in [0.3, 0.4) is 0 Å². The third kappa shape index (κ3) is 6.61. The standard InChI is InChI=1S/C18H22N2O7/c1-2-19-18(24)20-16(22)11-27-17(23)7-5-13(21)12-4-6-14-15(10-12)26-9-3-8-25-14/h4,6,10H,2-3,5,7-9,11H2,1H3,(H2,19,20,22,24). The first-order valence-corrected chi connectivity index (χ1v) is 8.65. The number of urea groups is 1. The Balaban J connectivity index is 1.76. The minimum absolute atomic E-state index is 0.0730. The van der Waals surface area contributed by atoms with E-state index in [0.29, 0.717) is 36.8 Å². The molecule has 0 aromatic heterocycles. The first kappa shape index (κ1) is 20.2. The van der Waals surface area contributed by atoms with E-state index >= 15 is 0 Å². The summed E-state index contributed by atoms with van der Waals surface area (Å²) < 4.78 is 15.8. The van der Waals surface area contributed by atoms with Crippen LogP contribution in [0.25, 0.3) is 0 Å². The Bertz CT molecular complexity index is 718. The fourth-order valence-electron chi connectivity index (χ4n) is 2.28. The molecule has 1 heterocycles. The van der Waals surface area contributed by atoms with Crippen LogP contribution in [-0.2, 0) is 14.3 Å². The van der Waals surface area contributed by atoms with Crippen LogP contribution in [0, 0.1) is 0 Å². The molecule has 146 valence electrons. The summed E-state index contributed by atoms with van der Waals surface area (Å²) in [5.41, 5.74) is 0.404. The molecule has 0 aliphatic carbocycles. The average Bonchev–Trinajstić information content (AvgIpc) is 2.89. The van der Waals surface area contributed by atoms with Crippen LogP contribution in [0.15, 0.2) is 18.2 Å². The molecule has 0 saturated heterocycles. The molecule has 2 N–H and O–H groups in total. The number of carbonyl (C=O) groups is 4. The lowest BCUT2D eigenvalue weighted by Crippen LogP contribution is -2.41. The van der Waals surface area contributed by atoms with Crippen LogP contribution < -0.4 is 20.1 Å². The number of amides is 3. The van der Waals surface area contributed by atoms with Crippen LogP contribution in [0.4, 0.5) is 4.79 Å². The molecule has 0 atom stereocenters. The maximum Gasteiger partial charge on any atom is 0.321 e. The molecule has 0 unspecified atom stereocenters. The van der Waals surface area contributed by atoms with E-state index in [0.717, 1.165) is 6.42 Å². The predicted molar refractivity (Wildman–Crippen MR) is 93.8 cm³/mol. The fraction of sp³-hybridized carbons (Fsp3) is 0.444. The molecule has 1 aliphatic heterocycles. The highest BCUT2D eigenvalue weighted by Crippen LogP contribution is 2.30. The lowest BCUT2D eigenvalue weighted by atomic mass is 10.1. The molecular weight excluding hydrogens is 356 g/mol. The van der Waals surface area contributed by atoms with Crippen molar-refractivity contribution in [1.82, 2.24) is 10.6 Å². The van der Waals surface area contributed by atoms with Gasteiger partial charge in [0.05, 0.1) is 19.6 Å². The molecule has 0 radical (unpaired) electrons. The number of carbonyl (C=O) groups excluding carboxylic acids is 4. The normalized spacial score (nSPS) is 12.5. The lowest BCUT2D eigenvalue weighted by molar-refractivity contribution is -0.148. The third-order valence-corrected chi connectivity index (χ3v) is 3.58. The van der Waals surface area contributed by atoms with E-state index in [1.165, 1.54) is 0 Å². The van der Waals surface area contributed by atoms with Gasteiger partial charge < -0.3 is 19.5 Å². The number of nitrogens with one attached hydrogen (secondary N) is 2. The zero-order valence-corrected chi connectivity index (χ0v) is 15.0. The highest BCUT2D eigenvalue weighted by molar-refractivity contribution is 5.98. The lowest BCUT2D eigenvalue weighted by Gasteiger charge is -2.09. The van der Waals surface area contributed by atoms with Crippen molar-refractivity contribution < 1.29 is 33.4 Å². The number of hydrogen-bond donors (Lipinski definition) is 2. The summed E-state index contributed by atoms with van der Waals surface area (Å²) >= 11 is 0. The van der Waals surface area contributed by atoms with Gasteiger partial charge in [-0.1, -0.05) is 0 Å². The van der Waals surface area contributed by atoms with Gasteiger partial charge in [0.1, 0.15) is 0 Å². The Labute approximate surface area is 156 Å². The summed E-state index contributed by atoms with van der Waals surface area (Å²) in [6, 6.07) is 4.20. The van der Waals surface area contributed by atoms with Crippen molar-refractivity contribution in [3.05, 3.63) is 23.8 Å². The molecule has 0 saturated carbocycles. The molecule has 1 aliphatic rings. The van der Waals surface area contributed by atoms with E-state index in [1.54, 1.807) is 25.1 Å². The number of hydrogen-bond acceptors (Lipinski definition) is 7. The highest BCUT2D eigenvalue weighted by atomic mass is 16.5. The summed E-state index contributed by atoms with van der Waals surface area (Å²) in [7, 11) is 0. The van der Waals surface area contributed by atoms with Crippen molar-refractivity contribution in [2.75, 3.05) is 26.4 Å². The molecule has 1 aromatic carbocycles. The zero-order valence-electron chi connectivity index (χ0n) is 15.0. The topological polar surface area (TPSA) is 120 Å². The van der Waals surface area contributed by atoms with Gasteiger partial charge in [0.15, 0.2) is 23.9 Å². The van der Waals surface area contributed by atoms with Crippen LogP contribution in [0.1, 0.15) is 36.5 Å². The second-order valence-electron chi connectivity index (χ2n) is 5.70. The highest BCUT2D eigenvalue weighted by Gasteiger charge is 2.16. The van der Waals surface area contributed by atoms with Gasteiger partial charge in [0, 0.05) is 24.9 Å². The molecule has 0 fully saturated rings. The first-order chi connectivity index (χ1) is 13.0. The van der Waals surface area contributed by atoms with Gasteiger partial charge in [-0.3, -0.25) is 19.7 Å². The first-order valence-electron chi connectivity index (χ1n) is 8.65. The maximum absolute atomic E-state index is 12.2. The van der Waals surface area contributed by atoms with E-state index in [9.17, 15) is 19.2 Å². The van der Waals surface area contributed by atoms with Gasteiger partial charge in [-0.15, -0.1) is 0 Å². The Kier molecular flexibility index (Phi) is 7.60. The summed E-state index contributed by atoms with van der Waals surface area (Å²) in [5, 5.41) is 4.37. The second-order valence-corrected chi connectivity index (χ2v) is 5.70. The van der Waals surface area contributed by atoms with Gasteiger partial charge in [-0.05, 0) is 25.1 Å². The molecule has 1 aromatic rings. The van der Waals surface area contributed by atoms with E-state index in [2.05, 4.69) is 5.32 Å². The summed E-state index contributed by atoms with van der Waals surface area (Å²) in [6.07, 6.45) is 0.510. The number of benzene rings is 1. The number of rotatable bonds is 7. The van der Waals surface area contributed by atoms with Crippen LogP contribution in [0.5, 0.6) is 11.5 Å². The minimum Gasteiger partial charge on any atom is -0.490 e.